The Kier molecular flexibility index (Phi) is 32.7. The monoisotopic (exact) mass is 767 g/mol. The molecule has 314 valence electrons. The van der Waals surface area contributed by atoms with Gasteiger partial charge >= 0.3 is 11.9 Å². The van der Waals surface area contributed by atoms with Crippen molar-refractivity contribution in [3.8, 4) is 0 Å². The van der Waals surface area contributed by atoms with Crippen molar-refractivity contribution >= 4 is 11.9 Å². The largest absolute Gasteiger partial charge is 0.462 e. The molecule has 0 aromatic rings. The zero-order valence-electron chi connectivity index (χ0n) is 34.0. The predicted molar refractivity (Wildman–Crippen MR) is 215 cm³/mol. The molecule has 1 aliphatic rings. The molecule has 10 heteroatoms. The lowest BCUT2D eigenvalue weighted by atomic mass is 9.99. The molecular formula is C44H78O10. The summed E-state index contributed by atoms with van der Waals surface area (Å²) in [6, 6.07) is 0. The topological polar surface area (TPSA) is 152 Å². The molecule has 1 fully saturated rings. The second-order valence-electron chi connectivity index (χ2n) is 14.8. The van der Waals surface area contributed by atoms with Gasteiger partial charge in [-0.25, -0.2) is 0 Å². The number of hydrogen-bond donors (Lipinski definition) is 4. The summed E-state index contributed by atoms with van der Waals surface area (Å²) in [5.74, 6) is -0.830. The highest BCUT2D eigenvalue weighted by Crippen LogP contribution is 2.22. The number of ether oxygens (including phenoxy) is 4. The maximum atomic E-state index is 12.7. The summed E-state index contributed by atoms with van der Waals surface area (Å²) in [5.41, 5.74) is 0. The molecule has 54 heavy (non-hydrogen) atoms. The number of unbranched alkanes of at least 4 members (excludes halogenated alkanes) is 18. The van der Waals surface area contributed by atoms with Gasteiger partial charge in [0.15, 0.2) is 12.4 Å². The van der Waals surface area contributed by atoms with E-state index in [1.165, 1.54) is 83.5 Å². The van der Waals surface area contributed by atoms with Crippen LogP contribution < -0.4 is 0 Å². The minimum absolute atomic E-state index is 0.205. The lowest BCUT2D eigenvalue weighted by Gasteiger charge is -2.39. The van der Waals surface area contributed by atoms with Crippen molar-refractivity contribution < 1.29 is 49.0 Å². The third-order valence-corrected chi connectivity index (χ3v) is 9.78. The van der Waals surface area contributed by atoms with Crippen molar-refractivity contribution in [3.63, 3.8) is 0 Å². The van der Waals surface area contributed by atoms with Crippen LogP contribution in [0.1, 0.15) is 174 Å². The molecule has 1 saturated heterocycles. The number of aliphatic hydroxyl groups excluding tert-OH is 4. The van der Waals surface area contributed by atoms with Gasteiger partial charge in [-0.2, -0.15) is 0 Å². The normalized spacial score (nSPS) is 21.0. The standard InChI is InChI=1S/C44H78O10/c1-3-5-7-9-11-13-15-17-18-19-20-21-23-25-27-29-31-33-40(47)53-37(36-52-44-43(50)42(49)41(48)38(34-45)54-44)35-51-39(46)32-30-28-26-24-22-16-14-12-10-8-6-4-2/h11,13,17-18,20-21,37-38,41-45,48-50H,3-10,12,14-16,19,22-36H2,1-2H3/b13-11+,18-17+,21-20+/t37-,38-,41+,42?,43?,44-/m1/s1. The smallest absolute Gasteiger partial charge is 0.306 e. The van der Waals surface area contributed by atoms with Crippen LogP contribution >= 0.6 is 0 Å². The quantitative estimate of drug-likeness (QED) is 0.0280. The fourth-order valence-electron chi connectivity index (χ4n) is 6.31. The Bertz CT molecular complexity index is 980. The van der Waals surface area contributed by atoms with Crippen LogP contribution in [0.4, 0.5) is 0 Å². The highest BCUT2D eigenvalue weighted by molar-refractivity contribution is 5.70. The average molecular weight is 767 g/mol. The molecule has 10 nitrogen and oxygen atoms in total. The minimum Gasteiger partial charge on any atom is -0.462 e. The Hall–Kier alpha value is -2.08. The van der Waals surface area contributed by atoms with Crippen LogP contribution in [0.3, 0.4) is 0 Å². The van der Waals surface area contributed by atoms with Gasteiger partial charge in [0.2, 0.25) is 0 Å². The van der Waals surface area contributed by atoms with Gasteiger partial charge in [0, 0.05) is 12.8 Å². The van der Waals surface area contributed by atoms with Crippen LogP contribution in [0.15, 0.2) is 36.5 Å². The van der Waals surface area contributed by atoms with E-state index in [1.807, 2.05) is 0 Å². The highest BCUT2D eigenvalue weighted by Gasteiger charge is 2.44. The van der Waals surface area contributed by atoms with E-state index in [9.17, 15) is 30.0 Å². The molecule has 0 saturated carbocycles. The number of carbonyl (C=O) groups is 2. The van der Waals surface area contributed by atoms with Crippen molar-refractivity contribution in [2.45, 2.75) is 211 Å². The van der Waals surface area contributed by atoms with Gasteiger partial charge < -0.3 is 39.4 Å². The first-order valence-corrected chi connectivity index (χ1v) is 21.6. The molecule has 0 aliphatic carbocycles. The SMILES string of the molecule is CCCCC/C=C/C/C=C/C/C=C/CCCCCCC(=O)O[C@H](COC(=O)CCCCCCCCCCCCCC)CO[C@@H]1O[C@H](CO)[C@H](O)C(O)C1O. The summed E-state index contributed by atoms with van der Waals surface area (Å²) in [6.07, 6.45) is 31.5. The van der Waals surface area contributed by atoms with E-state index in [4.69, 9.17) is 18.9 Å². The molecule has 6 atom stereocenters. The van der Waals surface area contributed by atoms with E-state index in [0.717, 1.165) is 57.8 Å². The van der Waals surface area contributed by atoms with Crippen molar-refractivity contribution in [1.82, 2.24) is 0 Å². The number of hydrogen-bond acceptors (Lipinski definition) is 10. The van der Waals surface area contributed by atoms with Crippen LogP contribution in [-0.4, -0.2) is 89.0 Å². The first-order valence-electron chi connectivity index (χ1n) is 21.6. The molecule has 1 heterocycles. The summed E-state index contributed by atoms with van der Waals surface area (Å²) >= 11 is 0. The van der Waals surface area contributed by atoms with Gasteiger partial charge in [-0.1, -0.05) is 147 Å². The predicted octanol–water partition coefficient (Wildman–Crippen LogP) is 8.72. The Balaban J connectivity index is 2.37. The Morgan fingerprint density at radius 2 is 1.04 bits per heavy atom. The number of allylic oxidation sites excluding steroid dienone is 6. The fraction of sp³-hybridized carbons (Fsp3) is 0.818. The Labute approximate surface area is 327 Å². The fourth-order valence-corrected chi connectivity index (χ4v) is 6.31. The van der Waals surface area contributed by atoms with Gasteiger partial charge in [-0.15, -0.1) is 0 Å². The summed E-state index contributed by atoms with van der Waals surface area (Å²) in [5, 5.41) is 40.0. The van der Waals surface area contributed by atoms with E-state index in [2.05, 4.69) is 50.3 Å². The van der Waals surface area contributed by atoms with E-state index in [0.29, 0.717) is 6.42 Å². The molecule has 0 aromatic carbocycles. The van der Waals surface area contributed by atoms with Crippen molar-refractivity contribution in [2.24, 2.45) is 0 Å². The summed E-state index contributed by atoms with van der Waals surface area (Å²) < 4.78 is 22.1. The second kappa shape index (κ2) is 35.3. The second-order valence-corrected chi connectivity index (χ2v) is 14.8. The van der Waals surface area contributed by atoms with Crippen molar-refractivity contribution in [2.75, 3.05) is 19.8 Å². The van der Waals surface area contributed by atoms with Crippen molar-refractivity contribution in [1.29, 1.82) is 0 Å². The Morgan fingerprint density at radius 1 is 0.574 bits per heavy atom. The number of esters is 2. The first-order chi connectivity index (χ1) is 26.3. The van der Waals surface area contributed by atoms with Gasteiger partial charge in [-0.05, 0) is 51.4 Å². The van der Waals surface area contributed by atoms with Gasteiger partial charge in [-0.3, -0.25) is 9.59 Å². The van der Waals surface area contributed by atoms with E-state index >= 15 is 0 Å². The molecule has 2 unspecified atom stereocenters. The van der Waals surface area contributed by atoms with Crippen molar-refractivity contribution in [3.05, 3.63) is 36.5 Å². The van der Waals surface area contributed by atoms with E-state index in [-0.39, 0.29) is 32.0 Å². The molecular weight excluding hydrogens is 688 g/mol. The van der Waals surface area contributed by atoms with Crippen LogP contribution in [0.5, 0.6) is 0 Å². The maximum Gasteiger partial charge on any atom is 0.306 e. The highest BCUT2D eigenvalue weighted by atomic mass is 16.7. The number of rotatable bonds is 35. The molecule has 1 aliphatic heterocycles. The molecule has 0 aromatic heterocycles. The zero-order chi connectivity index (χ0) is 39.5. The van der Waals surface area contributed by atoms with Gasteiger partial charge in [0.05, 0.1) is 13.2 Å². The molecule has 4 N–H and O–H groups in total. The Morgan fingerprint density at radius 3 is 1.59 bits per heavy atom. The lowest BCUT2D eigenvalue weighted by Crippen LogP contribution is -2.59. The molecule has 0 bridgehead atoms. The zero-order valence-corrected chi connectivity index (χ0v) is 34.0. The lowest BCUT2D eigenvalue weighted by molar-refractivity contribution is -0.305. The van der Waals surface area contributed by atoms with Gasteiger partial charge in [0.25, 0.3) is 0 Å². The number of carbonyl (C=O) groups excluding carboxylic acids is 2. The summed E-state index contributed by atoms with van der Waals surface area (Å²) in [4.78, 5) is 25.3. The average Bonchev–Trinajstić information content (AvgIpc) is 3.17. The van der Waals surface area contributed by atoms with Crippen LogP contribution in [0.25, 0.3) is 0 Å². The maximum absolute atomic E-state index is 12.7. The van der Waals surface area contributed by atoms with Crippen LogP contribution in [-0.2, 0) is 28.5 Å². The molecule has 0 radical (unpaired) electrons. The molecule has 0 amide bonds. The molecule has 1 rings (SSSR count). The third kappa shape index (κ3) is 26.7. The van der Waals surface area contributed by atoms with Crippen LogP contribution in [0.2, 0.25) is 0 Å². The van der Waals surface area contributed by atoms with Crippen LogP contribution in [0, 0.1) is 0 Å². The summed E-state index contributed by atoms with van der Waals surface area (Å²) in [6.45, 7) is 3.36. The summed E-state index contributed by atoms with van der Waals surface area (Å²) in [7, 11) is 0. The molecule has 0 spiro atoms. The number of aliphatic hydroxyl groups is 4. The first kappa shape index (κ1) is 49.9. The van der Waals surface area contributed by atoms with E-state index < -0.39 is 49.4 Å². The van der Waals surface area contributed by atoms with Gasteiger partial charge in [0.1, 0.15) is 31.0 Å². The minimum atomic E-state index is -1.60. The van der Waals surface area contributed by atoms with E-state index in [1.54, 1.807) is 0 Å². The third-order valence-electron chi connectivity index (χ3n) is 9.78.